The number of likely N-dealkylation sites (N-methyl/N-ethyl adjacent to an activating group) is 1. The van der Waals surface area contributed by atoms with Crippen LogP contribution in [0.4, 0.5) is 11.8 Å². The molecule has 0 saturated carbocycles. The molecule has 0 spiro atoms. The van der Waals surface area contributed by atoms with Crippen LogP contribution in [0, 0.1) is 20.8 Å². The normalized spacial score (nSPS) is 17.0. The lowest BCUT2D eigenvalue weighted by molar-refractivity contribution is -0.129. The molecule has 0 unspecified atom stereocenters. The average Bonchev–Trinajstić information content (AvgIpc) is 2.66. The van der Waals surface area contributed by atoms with E-state index in [-0.39, 0.29) is 11.9 Å². The molecule has 3 rings (SSSR count). The van der Waals surface area contributed by atoms with Crippen LogP contribution in [0.15, 0.2) is 24.3 Å². The Morgan fingerprint density at radius 3 is 2.57 bits per heavy atom. The molecule has 30 heavy (non-hydrogen) atoms. The quantitative estimate of drug-likeness (QED) is 0.734. The maximum atomic E-state index is 12.8. The van der Waals surface area contributed by atoms with Crippen LogP contribution in [-0.2, 0) is 4.79 Å². The van der Waals surface area contributed by atoms with Gasteiger partial charge in [-0.05, 0) is 60.2 Å². The number of amides is 1. The van der Waals surface area contributed by atoms with E-state index in [2.05, 4.69) is 25.3 Å². The van der Waals surface area contributed by atoms with E-state index in [1.807, 2.05) is 62.9 Å². The number of nitrogens with zero attached hydrogens (tertiary/aromatic N) is 6. The van der Waals surface area contributed by atoms with Crippen molar-refractivity contribution in [2.75, 3.05) is 32.5 Å². The summed E-state index contributed by atoms with van der Waals surface area (Å²) in [6.45, 7) is 7.21. The number of aromatic nitrogens is 4. The van der Waals surface area contributed by atoms with Gasteiger partial charge in [0.25, 0.3) is 0 Å². The minimum Gasteiger partial charge on any atom is -0.331 e. The van der Waals surface area contributed by atoms with E-state index in [1.165, 1.54) is 0 Å². The van der Waals surface area contributed by atoms with Gasteiger partial charge in [-0.1, -0.05) is 6.08 Å². The Labute approximate surface area is 178 Å². The molecule has 1 fully saturated rings. The summed E-state index contributed by atoms with van der Waals surface area (Å²) in [6.07, 6.45) is 6.55. The molecular weight excluding hydrogens is 378 g/mol. The Bertz CT molecular complexity index is 905. The fraction of sp³-hybridized carbons (Fsp3) is 0.500. The summed E-state index contributed by atoms with van der Waals surface area (Å²) in [5, 5.41) is 3.20. The van der Waals surface area contributed by atoms with E-state index in [9.17, 15) is 4.79 Å². The molecule has 0 bridgehead atoms. The third-order valence-corrected chi connectivity index (χ3v) is 4.94. The standard InChI is InChI=1S/C22H31N7O/c1-15-13-16(2)24-22(23-15)27-20-14-18(25-17(3)26-20)19-9-6-7-12-29(19)21(30)10-8-11-28(4)5/h8,10,13-14,19H,6-7,9,11-12H2,1-5H3,(H,23,24,25,26,27)/b10-8+/t19-/m1/s1. The van der Waals surface area contributed by atoms with Gasteiger partial charge in [-0.25, -0.2) is 19.9 Å². The Morgan fingerprint density at radius 2 is 1.87 bits per heavy atom. The summed E-state index contributed by atoms with van der Waals surface area (Å²) in [7, 11) is 3.96. The highest BCUT2D eigenvalue weighted by Crippen LogP contribution is 2.31. The monoisotopic (exact) mass is 409 g/mol. The summed E-state index contributed by atoms with van der Waals surface area (Å²) in [6, 6.07) is 3.78. The second-order valence-corrected chi connectivity index (χ2v) is 8.03. The molecule has 2 aromatic rings. The van der Waals surface area contributed by atoms with Gasteiger partial charge < -0.3 is 15.1 Å². The van der Waals surface area contributed by atoms with Crippen molar-refractivity contribution in [1.82, 2.24) is 29.7 Å². The van der Waals surface area contributed by atoms with Gasteiger partial charge in [0.2, 0.25) is 11.9 Å². The van der Waals surface area contributed by atoms with E-state index in [4.69, 9.17) is 0 Å². The third kappa shape index (κ3) is 5.82. The van der Waals surface area contributed by atoms with Crippen LogP contribution in [0.5, 0.6) is 0 Å². The summed E-state index contributed by atoms with van der Waals surface area (Å²) < 4.78 is 0. The van der Waals surface area contributed by atoms with Crippen LogP contribution in [-0.4, -0.2) is 62.8 Å². The first-order chi connectivity index (χ1) is 14.3. The molecule has 8 nitrogen and oxygen atoms in total. The van der Waals surface area contributed by atoms with Gasteiger partial charge in [-0.3, -0.25) is 4.79 Å². The molecule has 0 aromatic carbocycles. The molecule has 0 radical (unpaired) electrons. The third-order valence-electron chi connectivity index (χ3n) is 4.94. The number of nitrogens with one attached hydrogen (secondary N) is 1. The summed E-state index contributed by atoms with van der Waals surface area (Å²) in [5.41, 5.74) is 2.64. The van der Waals surface area contributed by atoms with Gasteiger partial charge in [0.05, 0.1) is 11.7 Å². The van der Waals surface area contributed by atoms with Crippen molar-refractivity contribution in [3.05, 3.63) is 47.2 Å². The number of hydrogen-bond acceptors (Lipinski definition) is 7. The molecule has 1 aliphatic rings. The molecule has 160 valence electrons. The van der Waals surface area contributed by atoms with E-state index < -0.39 is 0 Å². The molecule has 2 aromatic heterocycles. The van der Waals surface area contributed by atoms with Crippen LogP contribution < -0.4 is 5.32 Å². The van der Waals surface area contributed by atoms with Crippen molar-refractivity contribution in [1.29, 1.82) is 0 Å². The number of likely N-dealkylation sites (tertiary alicyclic amines) is 1. The SMILES string of the molecule is Cc1cc(C)nc(Nc2cc([C@H]3CCCCN3C(=O)/C=C/CN(C)C)nc(C)n2)n1. The molecule has 1 saturated heterocycles. The molecule has 3 heterocycles. The molecule has 1 atom stereocenters. The Hall–Kier alpha value is -2.87. The molecule has 8 heteroatoms. The Morgan fingerprint density at radius 1 is 1.13 bits per heavy atom. The second-order valence-electron chi connectivity index (χ2n) is 8.03. The number of rotatable bonds is 6. The number of carbonyl (C=O) groups excluding carboxylic acids is 1. The van der Waals surface area contributed by atoms with Gasteiger partial charge in [0.1, 0.15) is 11.6 Å². The number of piperidine rings is 1. The molecule has 0 aliphatic carbocycles. The van der Waals surface area contributed by atoms with Gasteiger partial charge in [-0.15, -0.1) is 0 Å². The number of carbonyl (C=O) groups is 1. The predicted molar refractivity (Wildman–Crippen MR) is 118 cm³/mol. The van der Waals surface area contributed by atoms with Crippen molar-refractivity contribution in [2.45, 2.75) is 46.1 Å². The van der Waals surface area contributed by atoms with Crippen LogP contribution in [0.25, 0.3) is 0 Å². The highest BCUT2D eigenvalue weighted by molar-refractivity contribution is 5.88. The Kier molecular flexibility index (Phi) is 7.10. The zero-order chi connectivity index (χ0) is 21.7. The van der Waals surface area contributed by atoms with Crippen LogP contribution in [0.1, 0.15) is 48.2 Å². The predicted octanol–water partition coefficient (Wildman–Crippen LogP) is 3.11. The number of hydrogen-bond donors (Lipinski definition) is 1. The molecule has 1 amide bonds. The van der Waals surface area contributed by atoms with Crippen molar-refractivity contribution < 1.29 is 4.79 Å². The average molecular weight is 410 g/mol. The van der Waals surface area contributed by atoms with E-state index in [1.54, 1.807) is 6.08 Å². The lowest BCUT2D eigenvalue weighted by Gasteiger charge is -2.35. The minimum absolute atomic E-state index is 0.0324. The topological polar surface area (TPSA) is 87.1 Å². The zero-order valence-electron chi connectivity index (χ0n) is 18.5. The van der Waals surface area contributed by atoms with E-state index in [0.29, 0.717) is 17.6 Å². The summed E-state index contributed by atoms with van der Waals surface area (Å²) in [5.74, 6) is 1.84. The van der Waals surface area contributed by atoms with Gasteiger partial charge in [0.15, 0.2) is 0 Å². The van der Waals surface area contributed by atoms with Crippen molar-refractivity contribution >= 4 is 17.7 Å². The van der Waals surface area contributed by atoms with Gasteiger partial charge in [0, 0.05) is 36.6 Å². The van der Waals surface area contributed by atoms with Crippen molar-refractivity contribution in [2.24, 2.45) is 0 Å². The smallest absolute Gasteiger partial charge is 0.246 e. The van der Waals surface area contributed by atoms with Crippen LogP contribution in [0.3, 0.4) is 0 Å². The Balaban J connectivity index is 1.83. The van der Waals surface area contributed by atoms with Crippen molar-refractivity contribution in [3.63, 3.8) is 0 Å². The van der Waals surface area contributed by atoms with Gasteiger partial charge >= 0.3 is 0 Å². The van der Waals surface area contributed by atoms with E-state index >= 15 is 0 Å². The number of anilines is 2. The minimum atomic E-state index is -0.0577. The maximum Gasteiger partial charge on any atom is 0.246 e. The molecular formula is C22H31N7O. The van der Waals surface area contributed by atoms with Crippen LogP contribution >= 0.6 is 0 Å². The summed E-state index contributed by atoms with van der Waals surface area (Å²) >= 11 is 0. The maximum absolute atomic E-state index is 12.8. The first-order valence-electron chi connectivity index (χ1n) is 10.4. The second kappa shape index (κ2) is 9.75. The van der Waals surface area contributed by atoms with Crippen molar-refractivity contribution in [3.8, 4) is 0 Å². The fourth-order valence-electron chi connectivity index (χ4n) is 3.68. The highest BCUT2D eigenvalue weighted by Gasteiger charge is 2.28. The van der Waals surface area contributed by atoms with E-state index in [0.717, 1.165) is 49.4 Å². The lowest BCUT2D eigenvalue weighted by Crippen LogP contribution is -2.38. The first kappa shape index (κ1) is 21.8. The van der Waals surface area contributed by atoms with Crippen LogP contribution in [0.2, 0.25) is 0 Å². The summed E-state index contributed by atoms with van der Waals surface area (Å²) in [4.78, 5) is 34.8. The molecule has 1 N–H and O–H groups in total. The zero-order valence-corrected chi connectivity index (χ0v) is 18.5. The first-order valence-corrected chi connectivity index (χ1v) is 10.4. The number of aryl methyl sites for hydroxylation is 3. The fourth-order valence-corrected chi connectivity index (χ4v) is 3.68. The highest BCUT2D eigenvalue weighted by atomic mass is 16.2. The van der Waals surface area contributed by atoms with Gasteiger partial charge in [-0.2, -0.15) is 0 Å². The largest absolute Gasteiger partial charge is 0.331 e. The lowest BCUT2D eigenvalue weighted by atomic mass is 9.98. The molecule has 1 aliphatic heterocycles.